The van der Waals surface area contributed by atoms with E-state index < -0.39 is 10.0 Å². The number of halogens is 1. The first kappa shape index (κ1) is 32.9. The predicted molar refractivity (Wildman–Crippen MR) is 173 cm³/mol. The van der Waals surface area contributed by atoms with E-state index >= 15 is 0 Å². The normalized spacial score (nSPS) is 17.4. The summed E-state index contributed by atoms with van der Waals surface area (Å²) in [6.45, 7) is 7.78. The van der Waals surface area contributed by atoms with Crippen LogP contribution in [0.2, 0.25) is 0 Å². The fourth-order valence-electron chi connectivity index (χ4n) is 5.35. The fourth-order valence-corrected chi connectivity index (χ4v) is 7.77. The Balaban J connectivity index is 1.55. The van der Waals surface area contributed by atoms with Crippen LogP contribution in [0, 0.1) is 11.7 Å². The van der Waals surface area contributed by atoms with Gasteiger partial charge in [-0.05, 0) is 88.2 Å². The average Bonchev–Trinajstić information content (AvgIpc) is 3.43. The third kappa shape index (κ3) is 7.74. The van der Waals surface area contributed by atoms with E-state index in [4.69, 9.17) is 10.7 Å². The fraction of sp³-hybridized carbons (Fsp3) is 0.452. The minimum Gasteiger partial charge on any atom is -0.399 e. The molecule has 1 aromatic heterocycles. The van der Waals surface area contributed by atoms with Crippen LogP contribution in [-0.2, 0) is 16.6 Å². The highest BCUT2D eigenvalue weighted by atomic mass is 32.2. The molecule has 0 radical (unpaired) electrons. The number of nitrogens with two attached hydrogens (primary N) is 1. The quantitative estimate of drug-likeness (QED) is 0.349. The van der Waals surface area contributed by atoms with Crippen LogP contribution in [-0.4, -0.2) is 79.1 Å². The first-order valence-electron chi connectivity index (χ1n) is 14.5. The molecule has 2 aliphatic rings. The number of anilines is 1. The van der Waals surface area contributed by atoms with Gasteiger partial charge in [-0.1, -0.05) is 30.9 Å². The van der Waals surface area contributed by atoms with Gasteiger partial charge in [0.05, 0.1) is 28.6 Å². The molecule has 1 aromatic carbocycles. The summed E-state index contributed by atoms with van der Waals surface area (Å²) in [6.07, 6.45) is 8.73. The number of aliphatic hydroxyl groups excluding tert-OH is 1. The summed E-state index contributed by atoms with van der Waals surface area (Å²) >= 11 is 1.35. The molecule has 12 heteroatoms. The number of rotatable bonds is 12. The van der Waals surface area contributed by atoms with E-state index in [0.29, 0.717) is 58.7 Å². The van der Waals surface area contributed by atoms with Crippen LogP contribution in [0.4, 0.5) is 9.52 Å². The van der Waals surface area contributed by atoms with Gasteiger partial charge in [0, 0.05) is 37.6 Å². The van der Waals surface area contributed by atoms with E-state index in [2.05, 4.69) is 12.7 Å². The zero-order valence-electron chi connectivity index (χ0n) is 25.5. The third-order valence-electron chi connectivity index (χ3n) is 7.83. The third-order valence-corrected chi connectivity index (χ3v) is 10.9. The SMILES string of the molecule is C=C1C=CC(C2CCN(S(=O)(=O)CCCN(C)C)CC2)=CN1/C(=C(\N)CC)N(C)c1nc(-c2ccc(F)cc2)c(CO)s1. The summed E-state index contributed by atoms with van der Waals surface area (Å²) in [7, 11) is 2.50. The number of aromatic nitrogens is 1. The molecule has 0 atom stereocenters. The van der Waals surface area contributed by atoms with E-state index in [1.807, 2.05) is 55.0 Å². The second-order valence-corrected chi connectivity index (χ2v) is 14.3. The maximum Gasteiger partial charge on any atom is 0.214 e. The van der Waals surface area contributed by atoms with Gasteiger partial charge in [-0.25, -0.2) is 22.1 Å². The Labute approximate surface area is 259 Å². The Kier molecular flexibility index (Phi) is 10.8. The van der Waals surface area contributed by atoms with Gasteiger partial charge in [0.15, 0.2) is 5.13 Å². The van der Waals surface area contributed by atoms with Gasteiger partial charge in [-0.3, -0.25) is 0 Å². The summed E-state index contributed by atoms with van der Waals surface area (Å²) in [5, 5.41) is 10.7. The van der Waals surface area contributed by atoms with Crippen molar-refractivity contribution < 1.29 is 17.9 Å². The van der Waals surface area contributed by atoms with Crippen LogP contribution in [0.3, 0.4) is 0 Å². The summed E-state index contributed by atoms with van der Waals surface area (Å²) in [5.74, 6) is 0.731. The van der Waals surface area contributed by atoms with E-state index in [1.165, 1.54) is 23.5 Å². The lowest BCUT2D eigenvalue weighted by atomic mass is 9.89. The van der Waals surface area contributed by atoms with Crippen molar-refractivity contribution in [3.8, 4) is 11.3 Å². The predicted octanol–water partition coefficient (Wildman–Crippen LogP) is 4.68. The minimum absolute atomic E-state index is 0.167. The number of benzene rings is 1. The molecular formula is C31H43FN6O3S2. The van der Waals surface area contributed by atoms with Gasteiger partial charge in [0.25, 0.3) is 0 Å². The molecule has 0 saturated carbocycles. The number of sulfonamides is 1. The number of allylic oxidation sites excluding steroid dienone is 4. The number of aliphatic hydroxyl groups is 1. The topological polar surface area (TPSA) is 106 Å². The van der Waals surface area contributed by atoms with E-state index in [1.54, 1.807) is 16.4 Å². The van der Waals surface area contributed by atoms with Gasteiger partial charge in [-0.2, -0.15) is 0 Å². The van der Waals surface area contributed by atoms with E-state index in [-0.39, 0.29) is 24.1 Å². The number of piperidine rings is 1. The second-order valence-electron chi connectivity index (χ2n) is 11.2. The van der Waals surface area contributed by atoms with Crippen molar-refractivity contribution in [2.24, 2.45) is 11.7 Å². The van der Waals surface area contributed by atoms with Crippen LogP contribution in [0.25, 0.3) is 11.3 Å². The zero-order valence-corrected chi connectivity index (χ0v) is 27.1. The monoisotopic (exact) mass is 630 g/mol. The van der Waals surface area contributed by atoms with Crippen molar-refractivity contribution in [3.63, 3.8) is 0 Å². The first-order chi connectivity index (χ1) is 20.4. The van der Waals surface area contributed by atoms with Gasteiger partial charge >= 0.3 is 0 Å². The van der Waals surface area contributed by atoms with Gasteiger partial charge in [0.2, 0.25) is 10.0 Å². The number of hydrogen-bond acceptors (Lipinski definition) is 9. The molecule has 9 nitrogen and oxygen atoms in total. The van der Waals surface area contributed by atoms with Gasteiger partial charge in [0.1, 0.15) is 11.6 Å². The molecule has 0 spiro atoms. The number of nitrogens with zero attached hydrogens (tertiary/aromatic N) is 5. The summed E-state index contributed by atoms with van der Waals surface area (Å²) in [4.78, 5) is 11.4. The molecule has 0 aliphatic carbocycles. The molecule has 1 saturated heterocycles. The smallest absolute Gasteiger partial charge is 0.214 e. The lowest BCUT2D eigenvalue weighted by molar-refractivity contribution is 0.286. The molecule has 4 rings (SSSR count). The summed E-state index contributed by atoms with van der Waals surface area (Å²) < 4.78 is 41.0. The van der Waals surface area contributed by atoms with Crippen molar-refractivity contribution in [2.75, 3.05) is 51.4 Å². The Morgan fingerprint density at radius 3 is 2.47 bits per heavy atom. The van der Waals surface area contributed by atoms with Crippen LogP contribution in [0.1, 0.15) is 37.5 Å². The molecule has 2 aromatic rings. The van der Waals surface area contributed by atoms with E-state index in [0.717, 1.165) is 30.7 Å². The lowest BCUT2D eigenvalue weighted by Crippen LogP contribution is -2.40. The van der Waals surface area contributed by atoms with Crippen molar-refractivity contribution in [2.45, 2.75) is 39.2 Å². The highest BCUT2D eigenvalue weighted by Gasteiger charge is 2.31. The van der Waals surface area contributed by atoms with Crippen molar-refractivity contribution >= 4 is 26.5 Å². The molecular weight excluding hydrogens is 588 g/mol. The highest BCUT2D eigenvalue weighted by Crippen LogP contribution is 2.38. The van der Waals surface area contributed by atoms with Crippen LogP contribution in [0.5, 0.6) is 0 Å². The summed E-state index contributed by atoms with van der Waals surface area (Å²) in [6, 6.07) is 6.05. The largest absolute Gasteiger partial charge is 0.399 e. The number of hydrogen-bond donors (Lipinski definition) is 2. The Morgan fingerprint density at radius 1 is 1.19 bits per heavy atom. The number of thiazole rings is 1. The molecule has 3 heterocycles. The van der Waals surface area contributed by atoms with Gasteiger partial charge < -0.3 is 25.5 Å². The van der Waals surface area contributed by atoms with Crippen molar-refractivity contribution in [3.05, 3.63) is 82.7 Å². The second kappa shape index (κ2) is 14.2. The Bertz CT molecular complexity index is 1490. The standard InChI is InChI=1S/C31H43FN6O3S2/c1-6-27(33)30(36(5)31-34-29(28(21-39)42-31)24-10-12-26(32)13-11-24)38-20-25(9-8-22(38)2)23-14-17-37(18-15-23)43(40,41)19-7-16-35(3)4/h8-13,20,23,39H,2,6-7,14-19,21,33H2,1,3-5H3/b30-27-. The Morgan fingerprint density at radius 2 is 1.86 bits per heavy atom. The maximum absolute atomic E-state index is 13.6. The molecule has 234 valence electrons. The van der Waals surface area contributed by atoms with Crippen molar-refractivity contribution in [1.29, 1.82) is 0 Å². The molecule has 0 amide bonds. The highest BCUT2D eigenvalue weighted by molar-refractivity contribution is 7.89. The van der Waals surface area contributed by atoms with Crippen LogP contribution >= 0.6 is 11.3 Å². The van der Waals surface area contributed by atoms with Crippen LogP contribution < -0.4 is 10.6 Å². The van der Waals surface area contributed by atoms with Crippen LogP contribution in [0.15, 0.2) is 72.0 Å². The van der Waals surface area contributed by atoms with E-state index in [9.17, 15) is 17.9 Å². The first-order valence-corrected chi connectivity index (χ1v) is 17.0. The molecule has 3 N–H and O–H groups in total. The summed E-state index contributed by atoms with van der Waals surface area (Å²) in [5.41, 5.74) is 10.4. The molecule has 0 unspecified atom stereocenters. The lowest BCUT2D eigenvalue weighted by Gasteiger charge is -2.37. The molecule has 0 bridgehead atoms. The maximum atomic E-state index is 13.6. The van der Waals surface area contributed by atoms with Crippen molar-refractivity contribution in [1.82, 2.24) is 19.1 Å². The average molecular weight is 631 g/mol. The minimum atomic E-state index is -3.28. The molecule has 43 heavy (non-hydrogen) atoms. The van der Waals surface area contributed by atoms with Gasteiger partial charge in [-0.15, -0.1) is 0 Å². The zero-order chi connectivity index (χ0) is 31.3. The molecule has 2 aliphatic heterocycles. The molecule has 1 fully saturated rings. The Hall–Kier alpha value is -3.03.